The summed E-state index contributed by atoms with van der Waals surface area (Å²) >= 11 is 0. The van der Waals surface area contributed by atoms with E-state index in [-0.39, 0.29) is 12.5 Å². The summed E-state index contributed by atoms with van der Waals surface area (Å²) in [6.07, 6.45) is 1.09. The van der Waals surface area contributed by atoms with E-state index in [2.05, 4.69) is 17.1 Å². The Bertz CT molecular complexity index is 770. The number of fused-ring (bicyclic) bond motifs is 3. The van der Waals surface area contributed by atoms with Crippen molar-refractivity contribution in [1.82, 2.24) is 0 Å². The van der Waals surface area contributed by atoms with Crippen LogP contribution in [0.25, 0.3) is 11.1 Å². The molecule has 0 aromatic heterocycles. The number of carboxylic acids is 1. The normalized spacial score (nSPS) is 14.6. The molecule has 5 nitrogen and oxygen atoms in total. The van der Waals surface area contributed by atoms with Crippen LogP contribution in [0.3, 0.4) is 0 Å². The van der Waals surface area contributed by atoms with Crippen molar-refractivity contribution in [2.75, 3.05) is 6.61 Å². The SMILES string of the molecule is CCCC[C@H](N=C([O-])OCC1c2ccccc2-c2ccccc21)C(=O)O. The molecular formula is C21H22NO4-. The van der Waals surface area contributed by atoms with E-state index in [0.717, 1.165) is 28.7 Å². The Hall–Kier alpha value is -2.82. The number of rotatable bonds is 7. The van der Waals surface area contributed by atoms with Gasteiger partial charge in [0.05, 0.1) is 0 Å². The first-order chi connectivity index (χ1) is 12.6. The van der Waals surface area contributed by atoms with Gasteiger partial charge in [-0.05, 0) is 28.7 Å². The van der Waals surface area contributed by atoms with E-state index in [1.54, 1.807) is 0 Å². The Morgan fingerprint density at radius 3 is 2.27 bits per heavy atom. The summed E-state index contributed by atoms with van der Waals surface area (Å²) in [4.78, 5) is 15.0. The van der Waals surface area contributed by atoms with Gasteiger partial charge in [0, 0.05) is 12.5 Å². The highest BCUT2D eigenvalue weighted by Gasteiger charge is 2.27. The van der Waals surface area contributed by atoms with Crippen molar-refractivity contribution in [2.24, 2.45) is 4.99 Å². The lowest BCUT2D eigenvalue weighted by atomic mass is 9.98. The second-order valence-corrected chi connectivity index (χ2v) is 6.43. The Labute approximate surface area is 153 Å². The van der Waals surface area contributed by atoms with Crippen molar-refractivity contribution in [3.05, 3.63) is 59.7 Å². The van der Waals surface area contributed by atoms with Crippen LogP contribution in [0, 0.1) is 0 Å². The van der Waals surface area contributed by atoms with E-state index in [9.17, 15) is 15.0 Å². The number of hydrogen-bond donors (Lipinski definition) is 1. The summed E-state index contributed by atoms with van der Waals surface area (Å²) in [5.41, 5.74) is 4.52. The highest BCUT2D eigenvalue weighted by atomic mass is 16.6. The van der Waals surface area contributed by atoms with Gasteiger partial charge in [-0.1, -0.05) is 68.3 Å². The average Bonchev–Trinajstić information content (AvgIpc) is 2.97. The van der Waals surface area contributed by atoms with Crippen molar-refractivity contribution in [3.8, 4) is 11.1 Å². The monoisotopic (exact) mass is 352 g/mol. The Kier molecular flexibility index (Phi) is 5.56. The molecule has 1 aliphatic rings. The first kappa shape index (κ1) is 18.0. The molecule has 136 valence electrons. The Morgan fingerprint density at radius 2 is 1.73 bits per heavy atom. The molecule has 0 unspecified atom stereocenters. The van der Waals surface area contributed by atoms with Gasteiger partial charge < -0.3 is 14.9 Å². The van der Waals surface area contributed by atoms with E-state index in [1.807, 2.05) is 43.3 Å². The molecule has 0 bridgehead atoms. The molecule has 0 fully saturated rings. The van der Waals surface area contributed by atoms with Crippen LogP contribution in [-0.2, 0) is 9.53 Å². The van der Waals surface area contributed by atoms with Crippen LogP contribution < -0.4 is 5.11 Å². The minimum atomic E-state index is -1.09. The number of ether oxygens (including phenoxy) is 1. The molecule has 0 saturated carbocycles. The van der Waals surface area contributed by atoms with Gasteiger partial charge in [-0.15, -0.1) is 0 Å². The first-order valence-corrected chi connectivity index (χ1v) is 8.90. The topological polar surface area (TPSA) is 82.0 Å². The molecule has 3 rings (SSSR count). The highest BCUT2D eigenvalue weighted by Crippen LogP contribution is 2.44. The molecule has 2 aromatic rings. The van der Waals surface area contributed by atoms with E-state index >= 15 is 0 Å². The van der Waals surface area contributed by atoms with Gasteiger partial charge in [-0.2, -0.15) is 0 Å². The predicted octanol–water partition coefficient (Wildman–Crippen LogP) is 3.18. The van der Waals surface area contributed by atoms with Crippen LogP contribution in [0.1, 0.15) is 43.2 Å². The molecule has 2 aromatic carbocycles. The number of benzene rings is 2. The lowest BCUT2D eigenvalue weighted by molar-refractivity contribution is -0.251. The van der Waals surface area contributed by atoms with Gasteiger partial charge >= 0.3 is 5.97 Å². The molecule has 0 radical (unpaired) electrons. The molecule has 1 atom stereocenters. The van der Waals surface area contributed by atoms with E-state index in [0.29, 0.717) is 12.8 Å². The second kappa shape index (κ2) is 8.04. The predicted molar refractivity (Wildman–Crippen MR) is 98.1 cm³/mol. The van der Waals surface area contributed by atoms with Crippen LogP contribution in [0.4, 0.5) is 0 Å². The number of aliphatic carboxylic acids is 1. The molecule has 1 aliphatic carbocycles. The van der Waals surface area contributed by atoms with Gasteiger partial charge in [0.2, 0.25) is 0 Å². The third-order valence-electron chi connectivity index (χ3n) is 4.71. The molecule has 1 N–H and O–H groups in total. The lowest BCUT2D eigenvalue weighted by Crippen LogP contribution is -2.29. The quantitative estimate of drug-likeness (QED) is 0.613. The maximum absolute atomic E-state index is 12.0. The first-order valence-electron chi connectivity index (χ1n) is 8.90. The second-order valence-electron chi connectivity index (χ2n) is 6.43. The average molecular weight is 352 g/mol. The maximum atomic E-state index is 12.0. The van der Waals surface area contributed by atoms with E-state index in [1.165, 1.54) is 0 Å². The number of unbranched alkanes of at least 4 members (excludes halogenated alkanes) is 1. The van der Waals surface area contributed by atoms with Crippen molar-refractivity contribution in [3.63, 3.8) is 0 Å². The molecule has 0 spiro atoms. The summed E-state index contributed by atoms with van der Waals surface area (Å²) in [6, 6.07) is 15.1. The van der Waals surface area contributed by atoms with Gasteiger partial charge in [0.15, 0.2) is 0 Å². The molecule has 0 amide bonds. The Morgan fingerprint density at radius 1 is 1.15 bits per heavy atom. The van der Waals surface area contributed by atoms with Crippen molar-refractivity contribution in [2.45, 2.75) is 38.1 Å². The number of carboxylic acid groups (broad SMARTS) is 1. The van der Waals surface area contributed by atoms with Gasteiger partial charge in [-0.3, -0.25) is 4.99 Å². The zero-order valence-electron chi connectivity index (χ0n) is 14.7. The fraction of sp³-hybridized carbons (Fsp3) is 0.333. The minimum absolute atomic E-state index is 0.0551. The Balaban J connectivity index is 1.75. The van der Waals surface area contributed by atoms with Crippen molar-refractivity contribution in [1.29, 1.82) is 0 Å². The summed E-state index contributed by atoms with van der Waals surface area (Å²) in [7, 11) is 0. The number of hydrogen-bond acceptors (Lipinski definition) is 4. The summed E-state index contributed by atoms with van der Waals surface area (Å²) in [5.74, 6) is -1.15. The number of carbonyl (C=O) groups is 1. The van der Waals surface area contributed by atoms with Crippen molar-refractivity contribution >= 4 is 12.1 Å². The van der Waals surface area contributed by atoms with E-state index in [4.69, 9.17) is 4.74 Å². The van der Waals surface area contributed by atoms with E-state index < -0.39 is 18.1 Å². The van der Waals surface area contributed by atoms with Gasteiger partial charge in [0.25, 0.3) is 0 Å². The zero-order valence-corrected chi connectivity index (χ0v) is 14.7. The molecular weight excluding hydrogens is 330 g/mol. The lowest BCUT2D eigenvalue weighted by Gasteiger charge is -2.21. The molecule has 0 saturated heterocycles. The van der Waals surface area contributed by atoms with Crippen LogP contribution in [0.15, 0.2) is 53.5 Å². The molecule has 26 heavy (non-hydrogen) atoms. The third-order valence-corrected chi connectivity index (χ3v) is 4.71. The fourth-order valence-corrected chi connectivity index (χ4v) is 3.40. The zero-order chi connectivity index (χ0) is 18.5. The van der Waals surface area contributed by atoms with Crippen LogP contribution >= 0.6 is 0 Å². The summed E-state index contributed by atoms with van der Waals surface area (Å²) < 4.78 is 5.33. The maximum Gasteiger partial charge on any atom is 0.328 e. The summed E-state index contributed by atoms with van der Waals surface area (Å²) in [5, 5.41) is 21.2. The van der Waals surface area contributed by atoms with Gasteiger partial charge in [-0.25, -0.2) is 4.79 Å². The minimum Gasteiger partial charge on any atom is -0.599 e. The largest absolute Gasteiger partial charge is 0.599 e. The molecule has 0 heterocycles. The third kappa shape index (κ3) is 3.72. The van der Waals surface area contributed by atoms with Crippen LogP contribution in [0.2, 0.25) is 0 Å². The number of nitrogens with zero attached hydrogens (tertiary/aromatic N) is 1. The van der Waals surface area contributed by atoms with Crippen molar-refractivity contribution < 1.29 is 19.7 Å². The molecule has 0 aliphatic heterocycles. The van der Waals surface area contributed by atoms with Crippen LogP contribution in [0.5, 0.6) is 0 Å². The molecule has 5 heteroatoms. The summed E-state index contributed by atoms with van der Waals surface area (Å²) in [6.45, 7) is 2.11. The fourth-order valence-electron chi connectivity index (χ4n) is 3.40. The standard InChI is InChI=1S/C21H23NO4/c1-2-3-12-19(20(23)24)22-21(25)26-13-18-16-10-6-4-8-14(16)15-9-5-7-11-17(15)18/h4-11,18-19H,2-3,12-13H2,1H3,(H,22,25)(H,23,24)/p-1/t19-/m0/s1. The van der Waals surface area contributed by atoms with Crippen LogP contribution in [-0.4, -0.2) is 29.8 Å². The number of aliphatic imine (C=N–C) groups is 1. The highest BCUT2D eigenvalue weighted by molar-refractivity contribution is 5.79. The smallest absolute Gasteiger partial charge is 0.328 e. The van der Waals surface area contributed by atoms with Gasteiger partial charge in [0.1, 0.15) is 12.1 Å².